The van der Waals surface area contributed by atoms with Gasteiger partial charge in [-0.1, -0.05) is 26.2 Å². The Balaban J connectivity index is 1.89. The van der Waals surface area contributed by atoms with Crippen molar-refractivity contribution in [1.29, 1.82) is 0 Å². The summed E-state index contributed by atoms with van der Waals surface area (Å²) < 4.78 is 5.68. The van der Waals surface area contributed by atoms with E-state index in [0.29, 0.717) is 11.7 Å². The maximum absolute atomic E-state index is 5.77. The SMILES string of the molecule is CCc1c(N)ncnc1OCCC1CCC1. The van der Waals surface area contributed by atoms with Gasteiger partial charge in [0.05, 0.1) is 12.2 Å². The largest absolute Gasteiger partial charge is 0.477 e. The summed E-state index contributed by atoms with van der Waals surface area (Å²) in [5.41, 5.74) is 6.70. The van der Waals surface area contributed by atoms with Crippen molar-refractivity contribution in [2.75, 3.05) is 12.3 Å². The summed E-state index contributed by atoms with van der Waals surface area (Å²) >= 11 is 0. The number of nitrogens with two attached hydrogens (primary N) is 1. The van der Waals surface area contributed by atoms with Crippen LogP contribution in [0.15, 0.2) is 6.33 Å². The van der Waals surface area contributed by atoms with Crippen LogP contribution in [-0.4, -0.2) is 16.6 Å². The summed E-state index contributed by atoms with van der Waals surface area (Å²) in [6, 6.07) is 0. The Morgan fingerprint density at radius 1 is 1.44 bits per heavy atom. The van der Waals surface area contributed by atoms with Gasteiger partial charge in [0, 0.05) is 0 Å². The van der Waals surface area contributed by atoms with Crippen molar-refractivity contribution < 1.29 is 4.74 Å². The highest BCUT2D eigenvalue weighted by Crippen LogP contribution is 2.29. The van der Waals surface area contributed by atoms with E-state index in [1.54, 1.807) is 0 Å². The lowest BCUT2D eigenvalue weighted by Gasteiger charge is -2.25. The molecule has 2 rings (SSSR count). The summed E-state index contributed by atoms with van der Waals surface area (Å²) in [6.07, 6.45) is 7.50. The zero-order valence-electron chi connectivity index (χ0n) is 9.78. The van der Waals surface area contributed by atoms with Gasteiger partial charge in [0.1, 0.15) is 12.1 Å². The number of nitrogens with zero attached hydrogens (tertiary/aromatic N) is 2. The molecule has 1 aromatic rings. The van der Waals surface area contributed by atoms with E-state index < -0.39 is 0 Å². The maximum Gasteiger partial charge on any atom is 0.221 e. The van der Waals surface area contributed by atoms with Gasteiger partial charge < -0.3 is 10.5 Å². The molecule has 16 heavy (non-hydrogen) atoms. The standard InChI is InChI=1S/C12H19N3O/c1-2-10-11(13)14-8-15-12(10)16-7-6-9-4-3-5-9/h8-9H,2-7H2,1H3,(H2,13,14,15). The van der Waals surface area contributed by atoms with Gasteiger partial charge in [-0.15, -0.1) is 0 Å². The lowest BCUT2D eigenvalue weighted by molar-refractivity contribution is 0.216. The fourth-order valence-corrected chi connectivity index (χ4v) is 1.97. The third kappa shape index (κ3) is 2.43. The summed E-state index contributed by atoms with van der Waals surface area (Å²) in [5, 5.41) is 0. The van der Waals surface area contributed by atoms with Gasteiger partial charge in [-0.2, -0.15) is 0 Å². The summed E-state index contributed by atoms with van der Waals surface area (Å²) in [4.78, 5) is 8.11. The highest BCUT2D eigenvalue weighted by molar-refractivity contribution is 5.44. The van der Waals surface area contributed by atoms with Crippen LogP contribution >= 0.6 is 0 Å². The Bertz CT molecular complexity index is 350. The first-order valence-corrected chi connectivity index (χ1v) is 6.03. The molecule has 0 unspecified atom stereocenters. The number of hydrogen-bond donors (Lipinski definition) is 1. The second-order valence-corrected chi connectivity index (χ2v) is 4.33. The predicted molar refractivity (Wildman–Crippen MR) is 63.3 cm³/mol. The van der Waals surface area contributed by atoms with Crippen molar-refractivity contribution in [1.82, 2.24) is 9.97 Å². The van der Waals surface area contributed by atoms with Crippen LogP contribution in [0.25, 0.3) is 0 Å². The molecule has 0 saturated heterocycles. The van der Waals surface area contributed by atoms with Gasteiger partial charge >= 0.3 is 0 Å². The fraction of sp³-hybridized carbons (Fsp3) is 0.667. The van der Waals surface area contributed by atoms with E-state index >= 15 is 0 Å². The van der Waals surface area contributed by atoms with Gasteiger partial charge in [0.15, 0.2) is 0 Å². The minimum absolute atomic E-state index is 0.538. The third-order valence-electron chi connectivity index (χ3n) is 3.28. The van der Waals surface area contributed by atoms with Crippen LogP contribution in [0.4, 0.5) is 5.82 Å². The van der Waals surface area contributed by atoms with Crippen LogP contribution in [0, 0.1) is 5.92 Å². The average molecular weight is 221 g/mol. The number of aromatic nitrogens is 2. The molecule has 0 atom stereocenters. The number of hydrogen-bond acceptors (Lipinski definition) is 4. The van der Waals surface area contributed by atoms with Gasteiger partial charge in [-0.3, -0.25) is 0 Å². The van der Waals surface area contributed by atoms with Crippen LogP contribution in [0.5, 0.6) is 5.88 Å². The van der Waals surface area contributed by atoms with E-state index in [9.17, 15) is 0 Å². The first-order valence-electron chi connectivity index (χ1n) is 6.03. The smallest absolute Gasteiger partial charge is 0.221 e. The Morgan fingerprint density at radius 3 is 2.88 bits per heavy atom. The van der Waals surface area contributed by atoms with Crippen molar-refractivity contribution in [3.8, 4) is 5.88 Å². The van der Waals surface area contributed by atoms with Crippen LogP contribution in [0.2, 0.25) is 0 Å². The third-order valence-corrected chi connectivity index (χ3v) is 3.28. The van der Waals surface area contributed by atoms with E-state index in [4.69, 9.17) is 10.5 Å². The van der Waals surface area contributed by atoms with Gasteiger partial charge in [0.2, 0.25) is 5.88 Å². The monoisotopic (exact) mass is 221 g/mol. The second kappa shape index (κ2) is 5.14. The van der Waals surface area contributed by atoms with Crippen LogP contribution in [-0.2, 0) is 6.42 Å². The molecule has 0 radical (unpaired) electrons. The Labute approximate surface area is 96.2 Å². The molecule has 1 aromatic heterocycles. The van der Waals surface area contributed by atoms with Crippen molar-refractivity contribution in [3.63, 3.8) is 0 Å². The molecule has 1 aliphatic carbocycles. The normalized spacial score (nSPS) is 15.8. The molecule has 0 aromatic carbocycles. The first-order chi connectivity index (χ1) is 7.81. The molecule has 4 heteroatoms. The molecule has 0 amide bonds. The molecule has 1 aliphatic rings. The lowest BCUT2D eigenvalue weighted by atomic mass is 9.83. The maximum atomic E-state index is 5.77. The molecule has 1 fully saturated rings. The fourth-order valence-electron chi connectivity index (χ4n) is 1.97. The molecule has 4 nitrogen and oxygen atoms in total. The summed E-state index contributed by atoms with van der Waals surface area (Å²) in [6.45, 7) is 2.78. The van der Waals surface area contributed by atoms with E-state index in [2.05, 4.69) is 9.97 Å². The number of ether oxygens (including phenoxy) is 1. The average Bonchev–Trinajstić information content (AvgIpc) is 2.22. The van der Waals surface area contributed by atoms with Crippen LogP contribution < -0.4 is 10.5 Å². The van der Waals surface area contributed by atoms with Crippen LogP contribution in [0.1, 0.15) is 38.2 Å². The summed E-state index contributed by atoms with van der Waals surface area (Å²) in [5.74, 6) is 2.06. The molecular formula is C12H19N3O. The van der Waals surface area contributed by atoms with Gasteiger partial charge in [-0.05, 0) is 18.8 Å². The molecule has 0 bridgehead atoms. The Kier molecular flexibility index (Phi) is 3.59. The molecule has 1 saturated carbocycles. The Hall–Kier alpha value is -1.32. The molecule has 1 heterocycles. The lowest BCUT2D eigenvalue weighted by Crippen LogP contribution is -2.15. The molecule has 0 spiro atoms. The van der Waals surface area contributed by atoms with Crippen molar-refractivity contribution >= 4 is 5.82 Å². The molecule has 0 aliphatic heterocycles. The van der Waals surface area contributed by atoms with E-state index in [1.807, 2.05) is 6.92 Å². The topological polar surface area (TPSA) is 61.0 Å². The number of nitrogen functional groups attached to an aromatic ring is 1. The van der Waals surface area contributed by atoms with Crippen LogP contribution in [0.3, 0.4) is 0 Å². The highest BCUT2D eigenvalue weighted by atomic mass is 16.5. The van der Waals surface area contributed by atoms with E-state index in [0.717, 1.165) is 30.9 Å². The van der Waals surface area contributed by atoms with Crippen molar-refractivity contribution in [3.05, 3.63) is 11.9 Å². The van der Waals surface area contributed by atoms with E-state index in [-0.39, 0.29) is 0 Å². The van der Waals surface area contributed by atoms with Crippen molar-refractivity contribution in [2.24, 2.45) is 5.92 Å². The molecule has 88 valence electrons. The first kappa shape index (κ1) is 11.2. The second-order valence-electron chi connectivity index (χ2n) is 4.33. The molecule has 2 N–H and O–H groups in total. The zero-order valence-corrected chi connectivity index (χ0v) is 9.78. The van der Waals surface area contributed by atoms with E-state index in [1.165, 1.54) is 25.6 Å². The van der Waals surface area contributed by atoms with Crippen molar-refractivity contribution in [2.45, 2.75) is 39.0 Å². The Morgan fingerprint density at radius 2 is 2.25 bits per heavy atom. The highest BCUT2D eigenvalue weighted by Gasteiger charge is 2.17. The number of anilines is 1. The minimum atomic E-state index is 0.538. The number of rotatable bonds is 5. The minimum Gasteiger partial charge on any atom is -0.477 e. The zero-order chi connectivity index (χ0) is 11.4. The molecular weight excluding hydrogens is 202 g/mol. The van der Waals surface area contributed by atoms with Gasteiger partial charge in [0.25, 0.3) is 0 Å². The quantitative estimate of drug-likeness (QED) is 0.828. The predicted octanol–water partition coefficient (Wildman–Crippen LogP) is 2.19. The summed E-state index contributed by atoms with van der Waals surface area (Å²) in [7, 11) is 0. The van der Waals surface area contributed by atoms with Gasteiger partial charge in [-0.25, -0.2) is 9.97 Å².